The van der Waals surface area contributed by atoms with E-state index in [9.17, 15) is 9.90 Å². The van der Waals surface area contributed by atoms with Gasteiger partial charge in [0, 0.05) is 32.5 Å². The van der Waals surface area contributed by atoms with Crippen LogP contribution in [-0.2, 0) is 17.8 Å². The van der Waals surface area contributed by atoms with Crippen molar-refractivity contribution >= 4 is 39.0 Å². The second-order valence-electron chi connectivity index (χ2n) is 13.1. The molecule has 8 aromatic rings. The molecular weight excluding hydrogens is 724 g/mol. The number of hydrogen-bond acceptors (Lipinski definition) is 5. The highest BCUT2D eigenvalue weighted by atomic mass is 35.5. The quantitative estimate of drug-likeness (QED) is 0.127. The number of carboxylic acids is 1. The molecule has 1 atom stereocenters. The van der Waals surface area contributed by atoms with Gasteiger partial charge in [-0.25, -0.2) is 0 Å². The lowest BCUT2D eigenvalue weighted by Crippen LogP contribution is -2.14. The molecular formula is C48H35ClO5S. The third-order valence-electron chi connectivity index (χ3n) is 9.34. The zero-order chi connectivity index (χ0) is 37.6. The maximum absolute atomic E-state index is 12.7. The first-order valence-electron chi connectivity index (χ1n) is 17.9. The molecule has 0 radical (unpaired) electrons. The Kier molecular flexibility index (Phi) is 10.6. The highest BCUT2D eigenvalue weighted by molar-refractivity contribution is 7.19. The van der Waals surface area contributed by atoms with Crippen LogP contribution < -0.4 is 14.2 Å². The summed E-state index contributed by atoms with van der Waals surface area (Å²) in [6.07, 6.45) is 0.225. The average Bonchev–Trinajstić information content (AvgIpc) is 3.56. The lowest BCUT2D eigenvalue weighted by molar-refractivity contribution is -0.138. The molecule has 1 heterocycles. The van der Waals surface area contributed by atoms with Crippen molar-refractivity contribution in [2.45, 2.75) is 18.9 Å². The van der Waals surface area contributed by atoms with Gasteiger partial charge in [-0.1, -0.05) is 139 Å². The molecule has 0 spiro atoms. The summed E-state index contributed by atoms with van der Waals surface area (Å²) < 4.78 is 20.6. The summed E-state index contributed by atoms with van der Waals surface area (Å²) in [5, 5.41) is 11.8. The summed E-state index contributed by atoms with van der Waals surface area (Å²) in [6.45, 7) is 0.311. The van der Waals surface area contributed by atoms with E-state index < -0.39 is 11.9 Å². The Labute approximate surface area is 328 Å². The molecule has 0 saturated heterocycles. The normalized spacial score (nSPS) is 11.6. The maximum Gasteiger partial charge on any atom is 0.311 e. The molecule has 7 heteroatoms. The number of carboxylic acid groups (broad SMARTS) is 1. The van der Waals surface area contributed by atoms with Gasteiger partial charge < -0.3 is 19.3 Å². The molecule has 0 aliphatic heterocycles. The standard InChI is InChI=1S/C48H35ClO5S/c49-38-22-26-40(27-23-38)54-47-42-28-44(53-39-24-20-36(21-25-39)34-12-6-2-7-13-34)43(52-31-32-16-18-35(19-17-32)33-10-4-1-5-11-33)30-45(42)55-46(47)29-41(48(50)51)37-14-8-3-9-15-37/h1-28,30,41H,29,31H2,(H,50,51). The predicted molar refractivity (Wildman–Crippen MR) is 222 cm³/mol. The zero-order valence-corrected chi connectivity index (χ0v) is 31.2. The lowest BCUT2D eigenvalue weighted by atomic mass is 9.95. The third-order valence-corrected chi connectivity index (χ3v) is 10.8. The summed E-state index contributed by atoms with van der Waals surface area (Å²) in [5.41, 5.74) is 6.19. The second kappa shape index (κ2) is 16.4. The van der Waals surface area contributed by atoms with E-state index in [1.165, 1.54) is 11.3 Å². The van der Waals surface area contributed by atoms with Gasteiger partial charge in [-0.15, -0.1) is 11.3 Å². The predicted octanol–water partition coefficient (Wildman–Crippen LogP) is 13.5. The number of carbonyl (C=O) groups is 1. The van der Waals surface area contributed by atoms with E-state index in [1.54, 1.807) is 24.3 Å². The van der Waals surface area contributed by atoms with Crippen molar-refractivity contribution in [2.75, 3.05) is 0 Å². The summed E-state index contributed by atoms with van der Waals surface area (Å²) in [4.78, 5) is 13.5. The Morgan fingerprint density at radius 2 is 1.13 bits per heavy atom. The van der Waals surface area contributed by atoms with Crippen LogP contribution >= 0.6 is 22.9 Å². The van der Waals surface area contributed by atoms with Gasteiger partial charge in [-0.05, 0) is 75.8 Å². The molecule has 7 aromatic carbocycles. The van der Waals surface area contributed by atoms with E-state index in [0.717, 1.165) is 48.3 Å². The van der Waals surface area contributed by atoms with Crippen LogP contribution in [0, 0.1) is 0 Å². The van der Waals surface area contributed by atoms with E-state index in [-0.39, 0.29) is 6.42 Å². The first-order valence-corrected chi connectivity index (χ1v) is 19.1. The number of rotatable bonds is 13. The van der Waals surface area contributed by atoms with Crippen LogP contribution in [0.5, 0.6) is 28.7 Å². The minimum atomic E-state index is -0.911. The molecule has 0 saturated carbocycles. The molecule has 0 aliphatic carbocycles. The summed E-state index contributed by atoms with van der Waals surface area (Å²) in [6, 6.07) is 57.0. The van der Waals surface area contributed by atoms with Crippen LogP contribution in [0.3, 0.4) is 0 Å². The summed E-state index contributed by atoms with van der Waals surface area (Å²) in [7, 11) is 0. The molecule has 0 amide bonds. The molecule has 270 valence electrons. The molecule has 1 unspecified atom stereocenters. The molecule has 0 aliphatic rings. The van der Waals surface area contributed by atoms with Gasteiger partial charge in [-0.2, -0.15) is 0 Å². The van der Waals surface area contributed by atoms with Crippen molar-refractivity contribution in [1.29, 1.82) is 0 Å². The minimum Gasteiger partial charge on any atom is -0.485 e. The molecule has 5 nitrogen and oxygen atoms in total. The van der Waals surface area contributed by atoms with Gasteiger partial charge in [0.2, 0.25) is 0 Å². The maximum atomic E-state index is 12.7. The Morgan fingerprint density at radius 1 is 0.600 bits per heavy atom. The Morgan fingerprint density at radius 3 is 1.73 bits per heavy atom. The highest BCUT2D eigenvalue weighted by Crippen LogP contribution is 2.48. The van der Waals surface area contributed by atoms with Gasteiger partial charge in [0.05, 0.1) is 5.92 Å². The average molecular weight is 759 g/mol. The fourth-order valence-electron chi connectivity index (χ4n) is 6.47. The topological polar surface area (TPSA) is 65.0 Å². The Bertz CT molecular complexity index is 2520. The van der Waals surface area contributed by atoms with Crippen LogP contribution in [0.25, 0.3) is 32.3 Å². The Hall–Kier alpha value is -6.34. The number of thiophene rings is 1. The smallest absolute Gasteiger partial charge is 0.311 e. The van der Waals surface area contributed by atoms with Crippen LogP contribution in [0.4, 0.5) is 0 Å². The first kappa shape index (κ1) is 35.7. The summed E-state index contributed by atoms with van der Waals surface area (Å²) >= 11 is 7.70. The van der Waals surface area contributed by atoms with E-state index in [0.29, 0.717) is 40.4 Å². The van der Waals surface area contributed by atoms with Crippen LogP contribution in [0.15, 0.2) is 176 Å². The van der Waals surface area contributed by atoms with Crippen LogP contribution in [0.2, 0.25) is 5.02 Å². The molecule has 8 rings (SSSR count). The van der Waals surface area contributed by atoms with E-state index >= 15 is 0 Å². The largest absolute Gasteiger partial charge is 0.485 e. The van der Waals surface area contributed by atoms with E-state index in [1.807, 2.05) is 103 Å². The van der Waals surface area contributed by atoms with Crippen molar-refractivity contribution < 1.29 is 24.1 Å². The van der Waals surface area contributed by atoms with E-state index in [2.05, 4.69) is 48.5 Å². The minimum absolute atomic E-state index is 0.225. The molecule has 0 bridgehead atoms. The molecule has 55 heavy (non-hydrogen) atoms. The number of fused-ring (bicyclic) bond motifs is 1. The molecule has 1 aromatic heterocycles. The van der Waals surface area contributed by atoms with Gasteiger partial charge in [0.1, 0.15) is 23.9 Å². The zero-order valence-electron chi connectivity index (χ0n) is 29.6. The fourth-order valence-corrected chi connectivity index (χ4v) is 7.78. The summed E-state index contributed by atoms with van der Waals surface area (Å²) in [5.74, 6) is 1.15. The highest BCUT2D eigenvalue weighted by Gasteiger charge is 2.26. The van der Waals surface area contributed by atoms with Crippen molar-refractivity contribution in [1.82, 2.24) is 0 Å². The first-order chi connectivity index (χ1) is 27.0. The molecule has 0 fully saturated rings. The molecule has 1 N–H and O–H groups in total. The number of ether oxygens (including phenoxy) is 3. The fraction of sp³-hybridized carbons (Fsp3) is 0.0625. The number of aliphatic carboxylic acids is 1. The number of benzene rings is 7. The monoisotopic (exact) mass is 758 g/mol. The lowest BCUT2D eigenvalue weighted by Gasteiger charge is -2.15. The third kappa shape index (κ3) is 8.42. The van der Waals surface area contributed by atoms with Gasteiger partial charge in [0.15, 0.2) is 11.5 Å². The van der Waals surface area contributed by atoms with Gasteiger partial charge >= 0.3 is 5.97 Å². The van der Waals surface area contributed by atoms with Crippen molar-refractivity contribution in [3.63, 3.8) is 0 Å². The van der Waals surface area contributed by atoms with Crippen LogP contribution in [0.1, 0.15) is 21.9 Å². The SMILES string of the molecule is O=C(O)C(Cc1sc2cc(OCc3ccc(-c4ccccc4)cc3)c(Oc3ccc(-c4ccccc4)cc3)cc2c1Oc1ccc(Cl)cc1)c1ccccc1. The van der Waals surface area contributed by atoms with Gasteiger partial charge in [0.25, 0.3) is 0 Å². The Balaban J connectivity index is 1.18. The van der Waals surface area contributed by atoms with Crippen LogP contribution in [-0.4, -0.2) is 11.1 Å². The van der Waals surface area contributed by atoms with Crippen molar-refractivity contribution in [3.05, 3.63) is 197 Å². The number of halogens is 1. The number of hydrogen-bond donors (Lipinski definition) is 1. The second-order valence-corrected chi connectivity index (χ2v) is 14.6. The van der Waals surface area contributed by atoms with E-state index in [4.69, 9.17) is 25.8 Å². The van der Waals surface area contributed by atoms with Crippen molar-refractivity contribution in [2.24, 2.45) is 0 Å². The van der Waals surface area contributed by atoms with Crippen molar-refractivity contribution in [3.8, 4) is 51.0 Å². The van der Waals surface area contributed by atoms with Gasteiger partial charge in [-0.3, -0.25) is 4.79 Å².